The van der Waals surface area contributed by atoms with Crippen LogP contribution in [0.3, 0.4) is 0 Å². The summed E-state index contributed by atoms with van der Waals surface area (Å²) in [7, 11) is -2.08. The Bertz CT molecular complexity index is 672. The summed E-state index contributed by atoms with van der Waals surface area (Å²) in [5, 5.41) is 2.88. The number of nitrogens with one attached hydrogen (secondary N) is 2. The molecule has 1 aromatic carbocycles. The Morgan fingerprint density at radius 1 is 1.16 bits per heavy atom. The van der Waals surface area contributed by atoms with Gasteiger partial charge < -0.3 is 5.32 Å². The minimum atomic E-state index is -3.81. The zero-order valence-electron chi connectivity index (χ0n) is 10.1. The third-order valence-corrected chi connectivity index (χ3v) is 3.85. The standard InChI is InChI=1S/C12H12FN3O2S/c1-14-9-2-4-10(5-3-9)19(17,18)16-12-6-7-15-8-11(12)13/h2-8,14H,1H3,(H,15,16). The van der Waals surface area contributed by atoms with Gasteiger partial charge in [0.25, 0.3) is 10.0 Å². The Morgan fingerprint density at radius 2 is 1.84 bits per heavy atom. The van der Waals surface area contributed by atoms with Gasteiger partial charge in [-0.1, -0.05) is 0 Å². The van der Waals surface area contributed by atoms with Crippen molar-refractivity contribution in [1.82, 2.24) is 4.98 Å². The topological polar surface area (TPSA) is 71.1 Å². The van der Waals surface area contributed by atoms with E-state index < -0.39 is 15.8 Å². The van der Waals surface area contributed by atoms with Gasteiger partial charge in [-0.05, 0) is 30.3 Å². The van der Waals surface area contributed by atoms with E-state index in [9.17, 15) is 12.8 Å². The van der Waals surface area contributed by atoms with Crippen molar-refractivity contribution in [1.29, 1.82) is 0 Å². The maximum Gasteiger partial charge on any atom is 0.261 e. The number of anilines is 2. The number of halogens is 1. The van der Waals surface area contributed by atoms with Gasteiger partial charge in [0.1, 0.15) is 0 Å². The molecule has 5 nitrogen and oxygen atoms in total. The Balaban J connectivity index is 2.30. The molecule has 19 heavy (non-hydrogen) atoms. The summed E-state index contributed by atoms with van der Waals surface area (Å²) in [6.07, 6.45) is 2.26. The number of nitrogens with zero attached hydrogens (tertiary/aromatic N) is 1. The highest BCUT2D eigenvalue weighted by Gasteiger charge is 2.15. The monoisotopic (exact) mass is 281 g/mol. The van der Waals surface area contributed by atoms with E-state index in [4.69, 9.17) is 0 Å². The van der Waals surface area contributed by atoms with Gasteiger partial charge in [0.2, 0.25) is 0 Å². The van der Waals surface area contributed by atoms with Gasteiger partial charge >= 0.3 is 0 Å². The van der Waals surface area contributed by atoms with Crippen molar-refractivity contribution in [2.45, 2.75) is 4.90 Å². The highest BCUT2D eigenvalue weighted by molar-refractivity contribution is 7.92. The number of pyridine rings is 1. The Hall–Kier alpha value is -2.15. The van der Waals surface area contributed by atoms with Gasteiger partial charge in [-0.15, -0.1) is 0 Å². The van der Waals surface area contributed by atoms with Crippen LogP contribution in [0.25, 0.3) is 0 Å². The smallest absolute Gasteiger partial charge is 0.261 e. The minimum absolute atomic E-state index is 0.0581. The quantitative estimate of drug-likeness (QED) is 0.900. The van der Waals surface area contributed by atoms with E-state index in [1.165, 1.54) is 24.4 Å². The molecule has 2 N–H and O–H groups in total. The van der Waals surface area contributed by atoms with Gasteiger partial charge in [-0.3, -0.25) is 9.71 Å². The largest absolute Gasteiger partial charge is 0.388 e. The molecule has 0 radical (unpaired) electrons. The summed E-state index contributed by atoms with van der Waals surface area (Å²) in [6, 6.07) is 7.38. The fourth-order valence-corrected chi connectivity index (χ4v) is 2.53. The van der Waals surface area contributed by atoms with Crippen molar-refractivity contribution >= 4 is 21.4 Å². The third-order valence-electron chi connectivity index (χ3n) is 2.47. The Morgan fingerprint density at radius 3 is 2.42 bits per heavy atom. The molecule has 100 valence electrons. The molecule has 0 aliphatic heterocycles. The highest BCUT2D eigenvalue weighted by atomic mass is 32.2. The number of benzene rings is 1. The summed E-state index contributed by atoms with van der Waals surface area (Å²) in [5.41, 5.74) is 0.654. The molecule has 0 fully saturated rings. The van der Waals surface area contributed by atoms with Gasteiger partial charge in [0, 0.05) is 18.9 Å². The van der Waals surface area contributed by atoms with Crippen molar-refractivity contribution in [2.75, 3.05) is 17.1 Å². The predicted molar refractivity (Wildman–Crippen MR) is 71.0 cm³/mol. The molecule has 1 aromatic heterocycles. The molecule has 2 aromatic rings. The maximum atomic E-state index is 13.4. The zero-order chi connectivity index (χ0) is 13.9. The summed E-state index contributed by atoms with van der Waals surface area (Å²) in [6.45, 7) is 0. The number of rotatable bonds is 4. The number of aromatic nitrogens is 1. The van der Waals surface area contributed by atoms with Gasteiger partial charge in [-0.25, -0.2) is 12.8 Å². The maximum absolute atomic E-state index is 13.4. The van der Waals surface area contributed by atoms with E-state index in [0.717, 1.165) is 11.9 Å². The minimum Gasteiger partial charge on any atom is -0.388 e. The molecule has 0 aliphatic rings. The molecule has 0 atom stereocenters. The highest BCUT2D eigenvalue weighted by Crippen LogP contribution is 2.19. The molecule has 0 saturated carbocycles. The number of hydrogen-bond acceptors (Lipinski definition) is 4. The second kappa shape index (κ2) is 5.23. The molecule has 7 heteroatoms. The lowest BCUT2D eigenvalue weighted by Crippen LogP contribution is -2.14. The first-order valence-electron chi connectivity index (χ1n) is 5.43. The zero-order valence-corrected chi connectivity index (χ0v) is 10.9. The average molecular weight is 281 g/mol. The van der Waals surface area contributed by atoms with Crippen molar-refractivity contribution in [3.8, 4) is 0 Å². The number of sulfonamides is 1. The second-order valence-corrected chi connectivity index (χ2v) is 5.42. The molecular weight excluding hydrogens is 269 g/mol. The van der Waals surface area contributed by atoms with E-state index in [2.05, 4.69) is 15.0 Å². The summed E-state index contributed by atoms with van der Waals surface area (Å²) in [4.78, 5) is 3.61. The van der Waals surface area contributed by atoms with E-state index in [-0.39, 0.29) is 10.6 Å². The summed E-state index contributed by atoms with van der Waals surface area (Å²) in [5.74, 6) is -0.724. The molecule has 0 unspecified atom stereocenters. The van der Waals surface area contributed by atoms with Crippen LogP contribution in [-0.4, -0.2) is 20.4 Å². The number of hydrogen-bond donors (Lipinski definition) is 2. The van der Waals surface area contributed by atoms with E-state index in [1.807, 2.05) is 0 Å². The van der Waals surface area contributed by atoms with Crippen LogP contribution in [0, 0.1) is 5.82 Å². The summed E-state index contributed by atoms with van der Waals surface area (Å²) < 4.78 is 39.6. The average Bonchev–Trinajstić information content (AvgIpc) is 2.41. The van der Waals surface area contributed by atoms with Gasteiger partial charge in [0.15, 0.2) is 5.82 Å². The lowest BCUT2D eigenvalue weighted by atomic mass is 10.3. The van der Waals surface area contributed by atoms with Gasteiger partial charge in [0.05, 0.1) is 16.8 Å². The third kappa shape index (κ3) is 3.00. The first kappa shape index (κ1) is 13.3. The second-order valence-electron chi connectivity index (χ2n) is 3.74. The van der Waals surface area contributed by atoms with Crippen molar-refractivity contribution < 1.29 is 12.8 Å². The molecule has 1 heterocycles. The lowest BCUT2D eigenvalue weighted by Gasteiger charge is -2.09. The molecule has 0 saturated heterocycles. The molecule has 2 rings (SSSR count). The fraction of sp³-hybridized carbons (Fsp3) is 0.0833. The SMILES string of the molecule is CNc1ccc(S(=O)(=O)Nc2ccncc2F)cc1. The van der Waals surface area contributed by atoms with E-state index >= 15 is 0 Å². The molecular formula is C12H12FN3O2S. The lowest BCUT2D eigenvalue weighted by molar-refractivity contribution is 0.598. The van der Waals surface area contributed by atoms with E-state index in [0.29, 0.717) is 0 Å². The molecule has 0 spiro atoms. The van der Waals surface area contributed by atoms with E-state index in [1.54, 1.807) is 19.2 Å². The van der Waals surface area contributed by atoms with Crippen LogP contribution >= 0.6 is 0 Å². The van der Waals surface area contributed by atoms with Crippen molar-refractivity contribution in [3.05, 3.63) is 48.5 Å². The Kier molecular flexibility index (Phi) is 3.66. The van der Waals surface area contributed by atoms with Crippen LogP contribution in [0.2, 0.25) is 0 Å². The fourth-order valence-electron chi connectivity index (χ4n) is 1.46. The van der Waals surface area contributed by atoms with Crippen LogP contribution in [0.15, 0.2) is 47.6 Å². The predicted octanol–water partition coefficient (Wildman–Crippen LogP) is 2.06. The summed E-state index contributed by atoms with van der Waals surface area (Å²) >= 11 is 0. The molecule has 0 bridgehead atoms. The first-order chi connectivity index (χ1) is 9.03. The van der Waals surface area contributed by atoms with Crippen molar-refractivity contribution in [3.63, 3.8) is 0 Å². The molecule has 0 amide bonds. The van der Waals surface area contributed by atoms with Crippen LogP contribution in [-0.2, 0) is 10.0 Å². The van der Waals surface area contributed by atoms with Crippen LogP contribution < -0.4 is 10.0 Å². The van der Waals surface area contributed by atoms with Crippen LogP contribution in [0.4, 0.5) is 15.8 Å². The van der Waals surface area contributed by atoms with Crippen molar-refractivity contribution in [2.24, 2.45) is 0 Å². The first-order valence-corrected chi connectivity index (χ1v) is 6.91. The molecule has 0 aliphatic carbocycles. The Labute approximate surface area is 110 Å². The van der Waals surface area contributed by atoms with Gasteiger partial charge in [-0.2, -0.15) is 0 Å². The van der Waals surface area contributed by atoms with Crippen LogP contribution in [0.1, 0.15) is 0 Å². The van der Waals surface area contributed by atoms with Crippen LogP contribution in [0.5, 0.6) is 0 Å². The normalized spacial score (nSPS) is 11.1.